The Kier molecular flexibility index (Phi) is 2.98. The number of anilines is 1. The lowest BCUT2D eigenvalue weighted by molar-refractivity contribution is 0.628. The highest BCUT2D eigenvalue weighted by Crippen LogP contribution is 2.27. The predicted molar refractivity (Wildman–Crippen MR) is 66.3 cm³/mol. The quantitative estimate of drug-likeness (QED) is 0.847. The van der Waals surface area contributed by atoms with Gasteiger partial charge in [-0.2, -0.15) is 0 Å². The van der Waals surface area contributed by atoms with E-state index in [9.17, 15) is 4.39 Å². The Bertz CT molecular complexity index is 564. The van der Waals surface area contributed by atoms with E-state index in [1.165, 1.54) is 12.1 Å². The van der Waals surface area contributed by atoms with Crippen molar-refractivity contribution in [2.45, 2.75) is 13.8 Å². The van der Waals surface area contributed by atoms with Gasteiger partial charge >= 0.3 is 0 Å². The van der Waals surface area contributed by atoms with Crippen LogP contribution in [0.4, 0.5) is 10.2 Å². The number of hydrogen-bond acceptors (Lipinski definition) is 3. The number of halogens is 2. The summed E-state index contributed by atoms with van der Waals surface area (Å²) in [6, 6.07) is 4.27. The van der Waals surface area contributed by atoms with E-state index in [4.69, 9.17) is 17.3 Å². The van der Waals surface area contributed by atoms with Gasteiger partial charge < -0.3 is 5.73 Å². The van der Waals surface area contributed by atoms with Crippen LogP contribution in [-0.4, -0.2) is 9.97 Å². The van der Waals surface area contributed by atoms with Crippen molar-refractivity contribution in [2.24, 2.45) is 0 Å². The first-order chi connectivity index (χ1) is 7.97. The molecule has 0 aliphatic rings. The van der Waals surface area contributed by atoms with E-state index in [0.717, 1.165) is 5.56 Å². The van der Waals surface area contributed by atoms with E-state index in [0.29, 0.717) is 27.9 Å². The molecule has 1 aromatic carbocycles. The first kappa shape index (κ1) is 11.8. The van der Waals surface area contributed by atoms with Gasteiger partial charge in [-0.3, -0.25) is 0 Å². The second kappa shape index (κ2) is 4.30. The molecule has 1 heterocycles. The number of aromatic nitrogens is 2. The van der Waals surface area contributed by atoms with E-state index >= 15 is 0 Å². The summed E-state index contributed by atoms with van der Waals surface area (Å²) in [7, 11) is 0. The zero-order valence-corrected chi connectivity index (χ0v) is 10.2. The number of nitrogens with two attached hydrogens (primary N) is 1. The van der Waals surface area contributed by atoms with Crippen LogP contribution in [-0.2, 0) is 0 Å². The summed E-state index contributed by atoms with van der Waals surface area (Å²) in [6.45, 7) is 3.53. The molecule has 5 heteroatoms. The molecule has 0 aliphatic heterocycles. The minimum absolute atomic E-state index is 0.328. The maximum absolute atomic E-state index is 13.3. The van der Waals surface area contributed by atoms with Crippen LogP contribution in [0.2, 0.25) is 5.02 Å². The summed E-state index contributed by atoms with van der Waals surface area (Å²) < 4.78 is 13.3. The normalized spacial score (nSPS) is 10.6. The number of rotatable bonds is 1. The number of nitrogen functional groups attached to an aromatic ring is 1. The van der Waals surface area contributed by atoms with E-state index in [1.54, 1.807) is 19.9 Å². The highest BCUT2D eigenvalue weighted by atomic mass is 35.5. The molecular formula is C12H11ClFN3. The SMILES string of the molecule is Cc1nc(N)c(C)c(-c2cc(F)cc(Cl)c2)n1. The van der Waals surface area contributed by atoms with Crippen LogP contribution in [0.3, 0.4) is 0 Å². The van der Waals surface area contributed by atoms with Gasteiger partial charge in [0.1, 0.15) is 17.5 Å². The van der Waals surface area contributed by atoms with E-state index in [1.807, 2.05) is 0 Å². The second-order valence-electron chi connectivity index (χ2n) is 3.79. The smallest absolute Gasteiger partial charge is 0.130 e. The van der Waals surface area contributed by atoms with E-state index in [-0.39, 0.29) is 0 Å². The molecule has 0 bridgehead atoms. The third-order valence-electron chi connectivity index (χ3n) is 2.43. The minimum Gasteiger partial charge on any atom is -0.383 e. The molecule has 0 spiro atoms. The van der Waals surface area contributed by atoms with Crippen molar-refractivity contribution in [1.29, 1.82) is 0 Å². The highest BCUT2D eigenvalue weighted by Gasteiger charge is 2.10. The van der Waals surface area contributed by atoms with Crippen molar-refractivity contribution in [3.8, 4) is 11.3 Å². The standard InChI is InChI=1S/C12H11ClFN3/c1-6-11(16-7(2)17-12(6)15)8-3-9(13)5-10(14)4-8/h3-5H,1-2H3,(H2,15,16,17). The average Bonchev–Trinajstić information content (AvgIpc) is 2.22. The lowest BCUT2D eigenvalue weighted by Gasteiger charge is -2.09. The van der Waals surface area contributed by atoms with Gasteiger partial charge in [-0.15, -0.1) is 0 Å². The molecule has 88 valence electrons. The van der Waals surface area contributed by atoms with Crippen molar-refractivity contribution in [1.82, 2.24) is 9.97 Å². The summed E-state index contributed by atoms with van der Waals surface area (Å²) >= 11 is 5.82. The fourth-order valence-corrected chi connectivity index (χ4v) is 1.84. The number of aryl methyl sites for hydroxylation is 1. The Labute approximate surface area is 103 Å². The van der Waals surface area contributed by atoms with Gasteiger partial charge in [0.05, 0.1) is 5.69 Å². The Balaban J connectivity index is 2.67. The molecule has 0 unspecified atom stereocenters. The summed E-state index contributed by atoms with van der Waals surface area (Å²) in [5.74, 6) is 0.540. The molecular weight excluding hydrogens is 241 g/mol. The van der Waals surface area contributed by atoms with Gasteiger partial charge in [-0.25, -0.2) is 14.4 Å². The van der Waals surface area contributed by atoms with E-state index in [2.05, 4.69) is 9.97 Å². The van der Waals surface area contributed by atoms with Crippen LogP contribution < -0.4 is 5.73 Å². The molecule has 1 aromatic heterocycles. The first-order valence-electron chi connectivity index (χ1n) is 5.04. The lowest BCUT2D eigenvalue weighted by Crippen LogP contribution is -2.02. The fourth-order valence-electron chi connectivity index (χ4n) is 1.62. The largest absolute Gasteiger partial charge is 0.383 e. The number of nitrogens with zero attached hydrogens (tertiary/aromatic N) is 2. The topological polar surface area (TPSA) is 51.8 Å². The molecule has 0 fully saturated rings. The van der Waals surface area contributed by atoms with Gasteiger partial charge in [0, 0.05) is 16.1 Å². The Hall–Kier alpha value is -1.68. The van der Waals surface area contributed by atoms with Crippen LogP contribution in [0.1, 0.15) is 11.4 Å². The first-order valence-corrected chi connectivity index (χ1v) is 5.42. The summed E-state index contributed by atoms with van der Waals surface area (Å²) in [5.41, 5.74) is 7.69. The number of hydrogen-bond donors (Lipinski definition) is 1. The molecule has 0 radical (unpaired) electrons. The van der Waals surface area contributed by atoms with Gasteiger partial charge in [0.15, 0.2) is 0 Å². The Morgan fingerprint density at radius 2 is 1.88 bits per heavy atom. The summed E-state index contributed by atoms with van der Waals surface area (Å²) in [6.07, 6.45) is 0. The molecule has 2 rings (SSSR count). The summed E-state index contributed by atoms with van der Waals surface area (Å²) in [4.78, 5) is 8.31. The minimum atomic E-state index is -0.401. The monoisotopic (exact) mass is 251 g/mol. The van der Waals surface area contributed by atoms with Crippen molar-refractivity contribution in [3.63, 3.8) is 0 Å². The van der Waals surface area contributed by atoms with Crippen molar-refractivity contribution < 1.29 is 4.39 Å². The van der Waals surface area contributed by atoms with Crippen LogP contribution in [0.15, 0.2) is 18.2 Å². The molecule has 0 atom stereocenters. The lowest BCUT2D eigenvalue weighted by atomic mass is 10.1. The molecule has 0 saturated carbocycles. The van der Waals surface area contributed by atoms with Gasteiger partial charge in [0.2, 0.25) is 0 Å². The van der Waals surface area contributed by atoms with Crippen molar-refractivity contribution >= 4 is 17.4 Å². The molecule has 2 aromatic rings. The Morgan fingerprint density at radius 1 is 1.18 bits per heavy atom. The van der Waals surface area contributed by atoms with Gasteiger partial charge in [0.25, 0.3) is 0 Å². The second-order valence-corrected chi connectivity index (χ2v) is 4.22. The van der Waals surface area contributed by atoms with Crippen LogP contribution in [0, 0.1) is 19.7 Å². The van der Waals surface area contributed by atoms with Gasteiger partial charge in [-0.05, 0) is 32.0 Å². The summed E-state index contributed by atoms with van der Waals surface area (Å²) in [5, 5.41) is 0.328. The fraction of sp³-hybridized carbons (Fsp3) is 0.167. The molecule has 0 aliphatic carbocycles. The van der Waals surface area contributed by atoms with Crippen molar-refractivity contribution in [2.75, 3.05) is 5.73 Å². The maximum atomic E-state index is 13.3. The van der Waals surface area contributed by atoms with Gasteiger partial charge in [-0.1, -0.05) is 11.6 Å². The average molecular weight is 252 g/mol. The van der Waals surface area contributed by atoms with Crippen molar-refractivity contribution in [3.05, 3.63) is 40.4 Å². The zero-order valence-electron chi connectivity index (χ0n) is 9.46. The molecule has 2 N–H and O–H groups in total. The van der Waals surface area contributed by atoms with Crippen LogP contribution >= 0.6 is 11.6 Å². The highest BCUT2D eigenvalue weighted by molar-refractivity contribution is 6.30. The van der Waals surface area contributed by atoms with E-state index < -0.39 is 5.82 Å². The van der Waals surface area contributed by atoms with Crippen LogP contribution in [0.5, 0.6) is 0 Å². The third-order valence-corrected chi connectivity index (χ3v) is 2.65. The maximum Gasteiger partial charge on any atom is 0.130 e. The Morgan fingerprint density at radius 3 is 2.53 bits per heavy atom. The number of benzene rings is 1. The predicted octanol–water partition coefficient (Wildman–Crippen LogP) is 3.14. The molecule has 17 heavy (non-hydrogen) atoms. The zero-order chi connectivity index (χ0) is 12.6. The molecule has 0 saturated heterocycles. The third kappa shape index (κ3) is 2.36. The molecule has 0 amide bonds. The molecule has 3 nitrogen and oxygen atoms in total. The van der Waals surface area contributed by atoms with Crippen LogP contribution in [0.25, 0.3) is 11.3 Å².